The first-order valence-electron chi connectivity index (χ1n) is 22.8. The number of anilines is 4. The van der Waals surface area contributed by atoms with E-state index in [4.69, 9.17) is 0 Å². The quantitative estimate of drug-likeness (QED) is 0.119. The van der Waals surface area contributed by atoms with Gasteiger partial charge in [-0.2, -0.15) is 15.3 Å². The standard InChI is InChI=1S/C20H21FN6O.C17H15FN4O.C16H13FN4O/c1-26-10-12-27(13-11-26)19-17(14-6-8-22-9-7-14)18(24-25-19)20(28)23-16-4-2-15(21)3-5-16;1-21-11-15(12-7-9-19-10-8-12)16(20-21)17(23)22(2)14-5-3-13(18)4-6-14;1-21-10-14(11-6-8-18-9-7-11)15(20-21)16(22)19-13-4-2-12(17)3-5-13/h2-9H,10-13H2,1H3,(H,23,28)(H,24,25);3-11H,1-2H3;2-10H,1H3,(H,19,22). The zero-order chi connectivity index (χ0) is 51.4. The lowest BCUT2D eigenvalue weighted by Gasteiger charge is -2.33. The molecule has 0 radical (unpaired) electrons. The number of pyridine rings is 3. The minimum Gasteiger partial charge on any atom is -0.352 e. The monoisotopic (exact) mass is 986 g/mol. The summed E-state index contributed by atoms with van der Waals surface area (Å²) in [5.74, 6) is -1.23. The van der Waals surface area contributed by atoms with Crippen molar-refractivity contribution in [1.82, 2.24) is 49.6 Å². The van der Waals surface area contributed by atoms with E-state index < -0.39 is 0 Å². The topological polar surface area (TPSA) is 188 Å². The Morgan fingerprint density at radius 3 is 1.47 bits per heavy atom. The molecule has 3 N–H and O–H groups in total. The number of carbonyl (C=O) groups excluding carboxylic acids is 3. The second-order valence-corrected chi connectivity index (χ2v) is 16.7. The molecule has 3 amide bonds. The zero-order valence-corrected chi connectivity index (χ0v) is 40.1. The van der Waals surface area contributed by atoms with Gasteiger partial charge in [0.25, 0.3) is 17.7 Å². The van der Waals surface area contributed by atoms with Crippen LogP contribution in [0.4, 0.5) is 36.1 Å². The molecule has 9 aromatic rings. The van der Waals surface area contributed by atoms with Crippen molar-refractivity contribution in [3.63, 3.8) is 0 Å². The predicted molar refractivity (Wildman–Crippen MR) is 272 cm³/mol. The molecule has 370 valence electrons. The lowest BCUT2D eigenvalue weighted by molar-refractivity contribution is 0.0985. The van der Waals surface area contributed by atoms with Gasteiger partial charge in [-0.15, -0.1) is 0 Å². The van der Waals surface area contributed by atoms with Crippen molar-refractivity contribution in [3.8, 4) is 33.4 Å². The molecule has 10 rings (SSSR count). The summed E-state index contributed by atoms with van der Waals surface area (Å²) in [6.45, 7) is 3.52. The third-order valence-corrected chi connectivity index (χ3v) is 11.5. The second-order valence-electron chi connectivity index (χ2n) is 16.7. The molecule has 0 aliphatic carbocycles. The number of benzene rings is 3. The number of aromatic nitrogens is 9. The first-order valence-corrected chi connectivity index (χ1v) is 22.8. The highest BCUT2D eigenvalue weighted by Gasteiger charge is 2.27. The Morgan fingerprint density at radius 2 is 0.973 bits per heavy atom. The molecule has 17 nitrogen and oxygen atoms in total. The summed E-state index contributed by atoms with van der Waals surface area (Å²) in [7, 11) is 7.24. The van der Waals surface area contributed by atoms with Gasteiger partial charge >= 0.3 is 0 Å². The number of hydrogen-bond donors (Lipinski definition) is 3. The third-order valence-electron chi connectivity index (χ3n) is 11.5. The largest absolute Gasteiger partial charge is 0.352 e. The molecule has 1 aliphatic rings. The molecule has 1 saturated heterocycles. The molecule has 7 heterocycles. The van der Waals surface area contributed by atoms with E-state index in [1.807, 2.05) is 36.4 Å². The van der Waals surface area contributed by atoms with E-state index in [0.29, 0.717) is 39.7 Å². The van der Waals surface area contributed by atoms with Crippen LogP contribution in [0.15, 0.2) is 159 Å². The van der Waals surface area contributed by atoms with Gasteiger partial charge in [0.1, 0.15) is 23.1 Å². The fourth-order valence-electron chi connectivity index (χ4n) is 7.72. The summed E-state index contributed by atoms with van der Waals surface area (Å²) in [6.07, 6.45) is 13.6. The number of H-pyrrole nitrogens is 1. The van der Waals surface area contributed by atoms with Gasteiger partial charge < -0.3 is 25.3 Å². The van der Waals surface area contributed by atoms with Gasteiger partial charge in [0.15, 0.2) is 17.2 Å². The van der Waals surface area contributed by atoms with E-state index in [9.17, 15) is 27.6 Å². The maximum absolute atomic E-state index is 13.1. The maximum Gasteiger partial charge on any atom is 0.279 e. The molecule has 20 heteroatoms. The second kappa shape index (κ2) is 23.1. The van der Waals surface area contributed by atoms with Gasteiger partial charge in [-0.25, -0.2) is 13.2 Å². The number of aromatic amines is 1. The van der Waals surface area contributed by atoms with Gasteiger partial charge in [-0.1, -0.05) is 0 Å². The molecule has 1 aliphatic heterocycles. The zero-order valence-electron chi connectivity index (χ0n) is 40.1. The highest BCUT2D eigenvalue weighted by atomic mass is 19.1. The molecule has 1 fully saturated rings. The Morgan fingerprint density at radius 1 is 0.548 bits per heavy atom. The lowest BCUT2D eigenvalue weighted by Crippen LogP contribution is -2.44. The third kappa shape index (κ3) is 12.5. The minimum atomic E-state index is -0.353. The molecule has 3 aromatic carbocycles. The molecule has 0 spiro atoms. The van der Waals surface area contributed by atoms with Crippen molar-refractivity contribution in [1.29, 1.82) is 0 Å². The van der Waals surface area contributed by atoms with Crippen LogP contribution in [0.25, 0.3) is 33.4 Å². The summed E-state index contributed by atoms with van der Waals surface area (Å²) >= 11 is 0. The molecule has 0 unspecified atom stereocenters. The number of halogens is 3. The Bertz CT molecular complexity index is 3270. The lowest BCUT2D eigenvalue weighted by atomic mass is 10.1. The number of amides is 3. The van der Waals surface area contributed by atoms with Gasteiger partial charge in [-0.05, 0) is 133 Å². The number of nitrogens with one attached hydrogen (secondary N) is 3. The first-order chi connectivity index (χ1) is 35.3. The average Bonchev–Trinajstić information content (AvgIpc) is 4.16. The number of rotatable bonds is 10. The smallest absolute Gasteiger partial charge is 0.279 e. The summed E-state index contributed by atoms with van der Waals surface area (Å²) in [6, 6.07) is 28.0. The van der Waals surface area contributed by atoms with Gasteiger partial charge in [0.05, 0.1) is 5.56 Å². The first kappa shape index (κ1) is 50.1. The van der Waals surface area contributed by atoms with Crippen LogP contribution in [-0.4, -0.2) is 108 Å². The SMILES string of the molecule is CN(C(=O)c1nn(C)cc1-c1ccncc1)c1ccc(F)cc1.CN1CCN(c2n[nH]c(C(=O)Nc3ccc(F)cc3)c2-c2ccncc2)CC1.Cn1cc(-c2ccncc2)c(C(=O)Nc2ccc(F)cc2)n1. The van der Waals surface area contributed by atoms with Gasteiger partial charge in [0, 0.05) is 125 Å². The average molecular weight is 987 g/mol. The maximum atomic E-state index is 13.1. The van der Waals surface area contributed by atoms with Crippen LogP contribution in [0.2, 0.25) is 0 Å². The molecule has 0 saturated carbocycles. The molecule has 73 heavy (non-hydrogen) atoms. The van der Waals surface area contributed by atoms with Crippen LogP contribution in [0, 0.1) is 17.5 Å². The fourth-order valence-corrected chi connectivity index (χ4v) is 7.72. The van der Waals surface area contributed by atoms with Crippen molar-refractivity contribution in [2.45, 2.75) is 0 Å². The van der Waals surface area contributed by atoms with Gasteiger partial charge in [-0.3, -0.25) is 43.8 Å². The van der Waals surface area contributed by atoms with Crippen molar-refractivity contribution < 1.29 is 27.6 Å². The summed E-state index contributed by atoms with van der Waals surface area (Å²) < 4.78 is 42.2. The van der Waals surface area contributed by atoms with E-state index in [2.05, 4.69) is 62.8 Å². The van der Waals surface area contributed by atoms with E-state index in [1.54, 1.807) is 92.2 Å². The van der Waals surface area contributed by atoms with Crippen LogP contribution in [0.5, 0.6) is 0 Å². The van der Waals surface area contributed by atoms with E-state index >= 15 is 0 Å². The normalized spacial score (nSPS) is 12.2. The van der Waals surface area contributed by atoms with Gasteiger partial charge in [0.2, 0.25) is 0 Å². The number of carbonyl (C=O) groups is 3. The summed E-state index contributed by atoms with van der Waals surface area (Å²) in [5.41, 5.74) is 7.40. The molecule has 6 aromatic heterocycles. The summed E-state index contributed by atoms with van der Waals surface area (Å²) in [5, 5.41) is 21.4. The van der Waals surface area contributed by atoms with Crippen LogP contribution >= 0.6 is 0 Å². The van der Waals surface area contributed by atoms with Crippen LogP contribution in [0.1, 0.15) is 31.5 Å². The van der Waals surface area contributed by atoms with Crippen LogP contribution < -0.4 is 20.4 Å². The fraction of sp³-hybridized carbons (Fsp3) is 0.151. The number of nitrogens with zero attached hydrogens (tertiary/aromatic N) is 11. The Labute approximate surface area is 418 Å². The van der Waals surface area contributed by atoms with E-state index in [1.165, 1.54) is 65.6 Å². The predicted octanol–water partition coefficient (Wildman–Crippen LogP) is 8.39. The molecular weight excluding hydrogens is 938 g/mol. The molecule has 0 atom stereocenters. The summed E-state index contributed by atoms with van der Waals surface area (Å²) in [4.78, 5) is 56.0. The van der Waals surface area contributed by atoms with E-state index in [0.717, 1.165) is 59.8 Å². The number of piperazine rings is 1. The Balaban J connectivity index is 0.000000148. The number of hydrogen-bond acceptors (Lipinski definition) is 11. The number of likely N-dealkylation sites (N-methyl/N-ethyl adjacent to an activating group) is 1. The Hall–Kier alpha value is -9.30. The van der Waals surface area contributed by atoms with E-state index in [-0.39, 0.29) is 35.2 Å². The van der Waals surface area contributed by atoms with Crippen molar-refractivity contribution in [2.24, 2.45) is 14.1 Å². The minimum absolute atomic E-state index is 0.260. The highest BCUT2D eigenvalue weighted by Crippen LogP contribution is 2.33. The Kier molecular flexibility index (Phi) is 15.8. The highest BCUT2D eigenvalue weighted by molar-refractivity contribution is 6.10. The molecule has 0 bridgehead atoms. The van der Waals surface area contributed by atoms with Crippen LogP contribution in [0.3, 0.4) is 0 Å². The van der Waals surface area contributed by atoms with Crippen molar-refractivity contribution >= 4 is 40.6 Å². The van der Waals surface area contributed by atoms with Crippen molar-refractivity contribution in [3.05, 3.63) is 193 Å². The van der Waals surface area contributed by atoms with Crippen LogP contribution in [-0.2, 0) is 14.1 Å². The number of aryl methyl sites for hydroxylation is 2. The van der Waals surface area contributed by atoms with Crippen molar-refractivity contribution in [2.75, 3.05) is 60.7 Å². The molecular formula is C53H49F3N14O3.